The van der Waals surface area contributed by atoms with Gasteiger partial charge in [0.05, 0.1) is 0 Å². The summed E-state index contributed by atoms with van der Waals surface area (Å²) in [6, 6.07) is 3.95. The summed E-state index contributed by atoms with van der Waals surface area (Å²) in [5.41, 5.74) is 3.07. The van der Waals surface area contributed by atoms with Crippen LogP contribution in [0, 0.1) is 12.7 Å². The first-order chi connectivity index (χ1) is 6.56. The molecule has 76 valence electrons. The van der Waals surface area contributed by atoms with Crippen LogP contribution in [0.15, 0.2) is 18.2 Å². The highest BCUT2D eigenvalue weighted by Crippen LogP contribution is 2.16. The van der Waals surface area contributed by atoms with Crippen LogP contribution in [-0.4, -0.2) is 13.1 Å². The molecule has 1 aromatic rings. The largest absolute Gasteiger partial charge is 0.335 e. The second kappa shape index (κ2) is 4.06. The predicted molar refractivity (Wildman–Crippen MR) is 52.3 cm³/mol. The molecule has 14 heavy (non-hydrogen) atoms. The van der Waals surface area contributed by atoms with Crippen LogP contribution >= 0.6 is 0 Å². The van der Waals surface area contributed by atoms with Crippen LogP contribution in [0.5, 0.6) is 0 Å². The molecular weight excluding hydrogens is 185 g/mol. The molecule has 4 nitrogen and oxygen atoms in total. The topological polar surface area (TPSA) is 58.4 Å². The number of carbonyl (C=O) groups excluding carboxylic acids is 1. The molecule has 0 saturated heterocycles. The minimum Gasteiger partial charge on any atom is -0.296 e. The summed E-state index contributed by atoms with van der Waals surface area (Å²) in [5, 5.41) is 0. The molecule has 0 spiro atoms. The van der Waals surface area contributed by atoms with E-state index in [9.17, 15) is 9.18 Å². The number of hydrogen-bond acceptors (Lipinski definition) is 2. The first kappa shape index (κ1) is 10.5. The Morgan fingerprint density at radius 1 is 1.57 bits per heavy atom. The van der Waals surface area contributed by atoms with Crippen molar-refractivity contribution in [2.24, 2.45) is 5.84 Å². The van der Waals surface area contributed by atoms with Crippen molar-refractivity contribution in [1.29, 1.82) is 0 Å². The summed E-state index contributed by atoms with van der Waals surface area (Å²) in [4.78, 5) is 12.4. The number of benzene rings is 1. The van der Waals surface area contributed by atoms with E-state index in [-0.39, 0.29) is 5.82 Å². The molecule has 0 aromatic heterocycles. The Labute approximate surface area is 81.5 Å². The van der Waals surface area contributed by atoms with Gasteiger partial charge in [0.1, 0.15) is 5.82 Å². The van der Waals surface area contributed by atoms with Gasteiger partial charge >= 0.3 is 6.03 Å². The maximum atomic E-state index is 12.9. The Hall–Kier alpha value is -1.62. The molecular formula is C9H12FN3O. The molecule has 0 saturated carbocycles. The van der Waals surface area contributed by atoms with Gasteiger partial charge in [-0.15, -0.1) is 0 Å². The fourth-order valence-electron chi connectivity index (χ4n) is 1.05. The number of hydrazine groups is 1. The van der Waals surface area contributed by atoms with E-state index in [0.29, 0.717) is 11.3 Å². The number of carbonyl (C=O) groups is 1. The van der Waals surface area contributed by atoms with E-state index in [2.05, 4.69) is 0 Å². The van der Waals surface area contributed by atoms with Crippen molar-refractivity contribution in [3.63, 3.8) is 0 Å². The number of nitrogens with one attached hydrogen (secondary N) is 1. The number of anilines is 1. The van der Waals surface area contributed by atoms with Crippen LogP contribution in [0.1, 0.15) is 5.56 Å². The van der Waals surface area contributed by atoms with E-state index in [4.69, 9.17) is 5.84 Å². The number of urea groups is 1. The summed E-state index contributed by atoms with van der Waals surface area (Å²) >= 11 is 0. The van der Waals surface area contributed by atoms with Crippen LogP contribution in [0.3, 0.4) is 0 Å². The van der Waals surface area contributed by atoms with Gasteiger partial charge in [-0.1, -0.05) is 0 Å². The smallest absolute Gasteiger partial charge is 0.296 e. The number of amides is 2. The summed E-state index contributed by atoms with van der Waals surface area (Å²) in [6.07, 6.45) is 0. The lowest BCUT2D eigenvalue weighted by Crippen LogP contribution is -2.41. The minimum absolute atomic E-state index is 0.296. The molecule has 0 heterocycles. The lowest BCUT2D eigenvalue weighted by atomic mass is 10.2. The zero-order valence-corrected chi connectivity index (χ0v) is 8.04. The second-order valence-electron chi connectivity index (χ2n) is 2.94. The molecule has 0 unspecified atom stereocenters. The van der Waals surface area contributed by atoms with Gasteiger partial charge < -0.3 is 0 Å². The number of rotatable bonds is 1. The fraction of sp³-hybridized carbons (Fsp3) is 0.222. The first-order valence-corrected chi connectivity index (χ1v) is 4.06. The van der Waals surface area contributed by atoms with Crippen LogP contribution in [0.4, 0.5) is 14.9 Å². The van der Waals surface area contributed by atoms with E-state index < -0.39 is 6.03 Å². The van der Waals surface area contributed by atoms with Crippen LogP contribution in [0.2, 0.25) is 0 Å². The molecule has 0 aliphatic heterocycles. The third-order valence-electron chi connectivity index (χ3n) is 1.96. The Bertz CT molecular complexity index is 354. The van der Waals surface area contributed by atoms with Gasteiger partial charge in [0, 0.05) is 12.7 Å². The number of halogens is 1. The molecule has 0 aliphatic carbocycles. The highest BCUT2D eigenvalue weighted by atomic mass is 19.1. The quantitative estimate of drug-likeness (QED) is 0.403. The van der Waals surface area contributed by atoms with Gasteiger partial charge in [-0.2, -0.15) is 0 Å². The zero-order valence-electron chi connectivity index (χ0n) is 8.04. The third kappa shape index (κ3) is 2.00. The first-order valence-electron chi connectivity index (χ1n) is 4.06. The van der Waals surface area contributed by atoms with Crippen molar-refractivity contribution in [2.75, 3.05) is 11.9 Å². The highest BCUT2D eigenvalue weighted by molar-refractivity contribution is 5.90. The molecule has 0 radical (unpaired) electrons. The predicted octanol–water partition coefficient (Wildman–Crippen LogP) is 1.15. The van der Waals surface area contributed by atoms with Gasteiger partial charge in [0.15, 0.2) is 0 Å². The summed E-state index contributed by atoms with van der Waals surface area (Å²) in [7, 11) is 1.55. The number of nitrogens with two attached hydrogens (primary N) is 1. The van der Waals surface area contributed by atoms with E-state index in [1.165, 1.54) is 17.0 Å². The Kier molecular flexibility index (Phi) is 3.03. The number of hydrogen-bond donors (Lipinski definition) is 2. The maximum Gasteiger partial charge on any atom is 0.335 e. The van der Waals surface area contributed by atoms with Crippen molar-refractivity contribution in [3.8, 4) is 0 Å². The molecule has 0 aliphatic rings. The molecule has 0 fully saturated rings. The Morgan fingerprint density at radius 3 is 2.71 bits per heavy atom. The van der Waals surface area contributed by atoms with Crippen molar-refractivity contribution in [2.45, 2.75) is 6.92 Å². The van der Waals surface area contributed by atoms with Gasteiger partial charge in [0.25, 0.3) is 0 Å². The maximum absolute atomic E-state index is 12.9. The molecule has 1 rings (SSSR count). The average Bonchev–Trinajstić information content (AvgIpc) is 2.20. The molecule has 1 aromatic carbocycles. The van der Waals surface area contributed by atoms with Crippen LogP contribution in [-0.2, 0) is 0 Å². The van der Waals surface area contributed by atoms with Crippen molar-refractivity contribution in [1.82, 2.24) is 5.43 Å². The monoisotopic (exact) mass is 197 g/mol. The van der Waals surface area contributed by atoms with Crippen molar-refractivity contribution >= 4 is 11.7 Å². The lowest BCUT2D eigenvalue weighted by molar-refractivity contribution is 0.247. The highest BCUT2D eigenvalue weighted by Gasteiger charge is 2.09. The second-order valence-corrected chi connectivity index (χ2v) is 2.94. The molecule has 3 N–H and O–H groups in total. The fourth-order valence-corrected chi connectivity index (χ4v) is 1.05. The third-order valence-corrected chi connectivity index (χ3v) is 1.96. The number of aryl methyl sites for hydroxylation is 1. The SMILES string of the molecule is Cc1cc(N(C)C(=O)NN)ccc1F. The van der Waals surface area contributed by atoms with E-state index in [1.54, 1.807) is 20.0 Å². The lowest BCUT2D eigenvalue weighted by Gasteiger charge is -2.16. The van der Waals surface area contributed by atoms with Crippen molar-refractivity contribution < 1.29 is 9.18 Å². The molecule has 5 heteroatoms. The normalized spacial score (nSPS) is 9.71. The molecule has 0 bridgehead atoms. The Morgan fingerprint density at radius 2 is 2.21 bits per heavy atom. The summed E-state index contributed by atoms with van der Waals surface area (Å²) in [5.74, 6) is 4.67. The van der Waals surface area contributed by atoms with Crippen LogP contribution in [0.25, 0.3) is 0 Å². The van der Waals surface area contributed by atoms with E-state index >= 15 is 0 Å². The molecule has 0 atom stereocenters. The number of nitrogens with zero attached hydrogens (tertiary/aromatic N) is 1. The van der Waals surface area contributed by atoms with Crippen molar-refractivity contribution in [3.05, 3.63) is 29.6 Å². The van der Waals surface area contributed by atoms with E-state index in [0.717, 1.165) is 0 Å². The average molecular weight is 197 g/mol. The summed E-state index contributed by atoms with van der Waals surface area (Å²) < 4.78 is 12.9. The van der Waals surface area contributed by atoms with Crippen LogP contribution < -0.4 is 16.2 Å². The van der Waals surface area contributed by atoms with E-state index in [1.807, 2.05) is 5.43 Å². The standard InChI is InChI=1S/C9H12FN3O/c1-6-5-7(3-4-8(6)10)13(2)9(14)12-11/h3-5H,11H2,1-2H3,(H,12,14). The van der Waals surface area contributed by atoms with Gasteiger partial charge in [-0.25, -0.2) is 15.0 Å². The van der Waals surface area contributed by atoms with Gasteiger partial charge in [-0.3, -0.25) is 10.3 Å². The minimum atomic E-state index is -0.448. The molecule has 2 amide bonds. The summed E-state index contributed by atoms with van der Waals surface area (Å²) in [6.45, 7) is 1.63. The van der Waals surface area contributed by atoms with Gasteiger partial charge in [0.2, 0.25) is 0 Å². The Balaban J connectivity index is 2.96. The zero-order chi connectivity index (χ0) is 10.7. The van der Waals surface area contributed by atoms with Gasteiger partial charge in [-0.05, 0) is 30.7 Å².